The van der Waals surface area contributed by atoms with Gasteiger partial charge >= 0.3 is 0 Å². The lowest BCUT2D eigenvalue weighted by Gasteiger charge is -2.35. The van der Waals surface area contributed by atoms with E-state index in [9.17, 15) is 9.59 Å². The lowest BCUT2D eigenvalue weighted by Crippen LogP contribution is -2.50. The Morgan fingerprint density at radius 1 is 1.00 bits per heavy atom. The molecule has 6 nitrogen and oxygen atoms in total. The quantitative estimate of drug-likeness (QED) is 0.827. The number of benzene rings is 1. The SMILES string of the molecule is CC(=O)N1CCN(C(=O)CC(c2ccc3c(c2)OCCO3)C(C)C)CC1. The summed E-state index contributed by atoms with van der Waals surface area (Å²) in [7, 11) is 0. The highest BCUT2D eigenvalue weighted by molar-refractivity contribution is 5.78. The van der Waals surface area contributed by atoms with Crippen molar-refractivity contribution in [2.75, 3.05) is 39.4 Å². The van der Waals surface area contributed by atoms with E-state index >= 15 is 0 Å². The molecule has 1 aromatic carbocycles. The van der Waals surface area contributed by atoms with Gasteiger partial charge in [0.2, 0.25) is 11.8 Å². The standard InChI is InChI=1S/C20H28N2O4/c1-14(2)17(16-4-5-18-19(12-16)26-11-10-25-18)13-20(24)22-8-6-21(7-9-22)15(3)23/h4-5,12,14,17H,6-11,13H2,1-3H3. The van der Waals surface area contributed by atoms with Crippen LogP contribution in [0.3, 0.4) is 0 Å². The van der Waals surface area contributed by atoms with Crippen LogP contribution in [0.15, 0.2) is 18.2 Å². The van der Waals surface area contributed by atoms with Crippen LogP contribution in [0.25, 0.3) is 0 Å². The summed E-state index contributed by atoms with van der Waals surface area (Å²) >= 11 is 0. The first-order chi connectivity index (χ1) is 12.5. The van der Waals surface area contributed by atoms with Crippen LogP contribution in [0.5, 0.6) is 11.5 Å². The molecule has 26 heavy (non-hydrogen) atoms. The van der Waals surface area contributed by atoms with Crippen LogP contribution in [-0.4, -0.2) is 61.0 Å². The molecule has 1 aromatic rings. The Morgan fingerprint density at radius 2 is 1.62 bits per heavy atom. The van der Waals surface area contributed by atoms with E-state index in [1.165, 1.54) is 0 Å². The van der Waals surface area contributed by atoms with E-state index in [0.29, 0.717) is 51.7 Å². The number of carbonyl (C=O) groups excluding carboxylic acids is 2. The first kappa shape index (κ1) is 18.5. The number of hydrogen-bond donors (Lipinski definition) is 0. The Bertz CT molecular complexity index is 666. The van der Waals surface area contributed by atoms with Crippen molar-refractivity contribution < 1.29 is 19.1 Å². The molecule has 0 radical (unpaired) electrons. The molecule has 6 heteroatoms. The highest BCUT2D eigenvalue weighted by atomic mass is 16.6. The summed E-state index contributed by atoms with van der Waals surface area (Å²) in [5.74, 6) is 2.23. The Hall–Kier alpha value is -2.24. The van der Waals surface area contributed by atoms with Gasteiger partial charge in [0.1, 0.15) is 13.2 Å². The maximum Gasteiger partial charge on any atom is 0.223 e. The Balaban J connectivity index is 1.67. The van der Waals surface area contributed by atoms with Crippen molar-refractivity contribution in [1.29, 1.82) is 0 Å². The molecule has 0 aromatic heterocycles. The van der Waals surface area contributed by atoms with Crippen LogP contribution in [0.1, 0.15) is 38.7 Å². The molecule has 2 heterocycles. The van der Waals surface area contributed by atoms with Gasteiger partial charge in [0.25, 0.3) is 0 Å². The highest BCUT2D eigenvalue weighted by Crippen LogP contribution is 2.36. The monoisotopic (exact) mass is 360 g/mol. The molecule has 0 aliphatic carbocycles. The molecule has 3 rings (SSSR count). The number of carbonyl (C=O) groups is 2. The molecule has 1 fully saturated rings. The van der Waals surface area contributed by atoms with Gasteiger partial charge in [-0.2, -0.15) is 0 Å². The third-order valence-electron chi connectivity index (χ3n) is 5.27. The second-order valence-corrected chi connectivity index (χ2v) is 7.34. The topological polar surface area (TPSA) is 59.1 Å². The molecule has 1 unspecified atom stereocenters. The van der Waals surface area contributed by atoms with Gasteiger partial charge < -0.3 is 19.3 Å². The molecule has 2 aliphatic heterocycles. The smallest absolute Gasteiger partial charge is 0.223 e. The predicted molar refractivity (Wildman–Crippen MR) is 98.5 cm³/mol. The minimum Gasteiger partial charge on any atom is -0.486 e. The van der Waals surface area contributed by atoms with Gasteiger partial charge in [-0.15, -0.1) is 0 Å². The van der Waals surface area contributed by atoms with Crippen molar-refractivity contribution in [3.8, 4) is 11.5 Å². The van der Waals surface area contributed by atoms with Crippen molar-refractivity contribution in [3.63, 3.8) is 0 Å². The van der Waals surface area contributed by atoms with E-state index < -0.39 is 0 Å². The van der Waals surface area contributed by atoms with Gasteiger partial charge in [-0.3, -0.25) is 9.59 Å². The van der Waals surface area contributed by atoms with Gasteiger partial charge in [0.05, 0.1) is 0 Å². The summed E-state index contributed by atoms with van der Waals surface area (Å²) in [4.78, 5) is 27.9. The summed E-state index contributed by atoms with van der Waals surface area (Å²) in [5.41, 5.74) is 1.11. The van der Waals surface area contributed by atoms with Crippen molar-refractivity contribution in [1.82, 2.24) is 9.80 Å². The number of rotatable bonds is 4. The largest absolute Gasteiger partial charge is 0.486 e. The fourth-order valence-electron chi connectivity index (χ4n) is 3.62. The van der Waals surface area contributed by atoms with Crippen LogP contribution in [0.2, 0.25) is 0 Å². The number of amides is 2. The van der Waals surface area contributed by atoms with Gasteiger partial charge in [-0.05, 0) is 29.5 Å². The second kappa shape index (κ2) is 7.98. The Kier molecular flexibility index (Phi) is 5.69. The van der Waals surface area contributed by atoms with Crippen molar-refractivity contribution in [2.24, 2.45) is 5.92 Å². The molecule has 0 N–H and O–H groups in total. The maximum absolute atomic E-state index is 12.8. The summed E-state index contributed by atoms with van der Waals surface area (Å²) in [6, 6.07) is 5.99. The Labute approximate surface area is 155 Å². The molecule has 0 spiro atoms. The molecular weight excluding hydrogens is 332 g/mol. The number of ether oxygens (including phenoxy) is 2. The minimum atomic E-state index is 0.0773. The Morgan fingerprint density at radius 3 is 2.23 bits per heavy atom. The van der Waals surface area contributed by atoms with Crippen LogP contribution in [0, 0.1) is 5.92 Å². The van der Waals surface area contributed by atoms with E-state index in [4.69, 9.17) is 9.47 Å². The summed E-state index contributed by atoms with van der Waals surface area (Å²) in [6.45, 7) is 9.47. The molecule has 2 amide bonds. The zero-order valence-corrected chi connectivity index (χ0v) is 15.9. The predicted octanol–water partition coefficient (Wildman–Crippen LogP) is 2.28. The van der Waals surface area contributed by atoms with Crippen LogP contribution in [-0.2, 0) is 9.59 Å². The minimum absolute atomic E-state index is 0.0773. The van der Waals surface area contributed by atoms with Gasteiger partial charge in [-0.25, -0.2) is 0 Å². The molecular formula is C20H28N2O4. The van der Waals surface area contributed by atoms with E-state index in [0.717, 1.165) is 17.1 Å². The van der Waals surface area contributed by atoms with E-state index in [1.807, 2.05) is 23.1 Å². The molecule has 1 saturated heterocycles. The summed E-state index contributed by atoms with van der Waals surface area (Å²) in [5, 5.41) is 0. The highest BCUT2D eigenvalue weighted by Gasteiger charge is 2.27. The van der Waals surface area contributed by atoms with Crippen LogP contribution in [0.4, 0.5) is 0 Å². The van der Waals surface area contributed by atoms with Gasteiger partial charge in [0, 0.05) is 39.5 Å². The zero-order valence-electron chi connectivity index (χ0n) is 15.9. The summed E-state index contributed by atoms with van der Waals surface area (Å²) in [6.07, 6.45) is 0.470. The molecule has 1 atom stereocenters. The van der Waals surface area contributed by atoms with Crippen molar-refractivity contribution in [3.05, 3.63) is 23.8 Å². The first-order valence-electron chi connectivity index (χ1n) is 9.38. The fraction of sp³-hybridized carbons (Fsp3) is 0.600. The molecule has 2 aliphatic rings. The van der Waals surface area contributed by atoms with Gasteiger partial charge in [-0.1, -0.05) is 19.9 Å². The third-order valence-corrected chi connectivity index (χ3v) is 5.27. The molecule has 0 saturated carbocycles. The average Bonchev–Trinajstić information content (AvgIpc) is 2.65. The average molecular weight is 360 g/mol. The normalized spacial score (nSPS) is 18.0. The fourth-order valence-corrected chi connectivity index (χ4v) is 3.62. The number of fused-ring (bicyclic) bond motifs is 1. The number of nitrogens with zero attached hydrogens (tertiary/aromatic N) is 2. The van der Waals surface area contributed by atoms with Crippen LogP contribution >= 0.6 is 0 Å². The molecule has 0 bridgehead atoms. The van der Waals surface area contributed by atoms with Crippen molar-refractivity contribution in [2.45, 2.75) is 33.1 Å². The maximum atomic E-state index is 12.8. The van der Waals surface area contributed by atoms with E-state index in [1.54, 1.807) is 11.8 Å². The van der Waals surface area contributed by atoms with Crippen LogP contribution < -0.4 is 9.47 Å². The number of piperazine rings is 1. The zero-order chi connectivity index (χ0) is 18.7. The van der Waals surface area contributed by atoms with E-state index in [2.05, 4.69) is 13.8 Å². The summed E-state index contributed by atoms with van der Waals surface area (Å²) < 4.78 is 11.3. The lowest BCUT2D eigenvalue weighted by molar-refractivity contribution is -0.138. The first-order valence-corrected chi connectivity index (χ1v) is 9.38. The third kappa shape index (κ3) is 4.11. The molecule has 142 valence electrons. The second-order valence-electron chi connectivity index (χ2n) is 7.34. The number of hydrogen-bond acceptors (Lipinski definition) is 4. The van der Waals surface area contributed by atoms with Gasteiger partial charge in [0.15, 0.2) is 11.5 Å². The lowest BCUT2D eigenvalue weighted by atomic mass is 9.85. The van der Waals surface area contributed by atoms with Crippen molar-refractivity contribution >= 4 is 11.8 Å². The van der Waals surface area contributed by atoms with E-state index in [-0.39, 0.29) is 17.7 Å².